The molecule has 0 spiro atoms. The van der Waals surface area contributed by atoms with Gasteiger partial charge in [-0.3, -0.25) is 0 Å². The Labute approximate surface area is 167 Å². The van der Waals surface area contributed by atoms with E-state index in [9.17, 15) is 0 Å². The van der Waals surface area contributed by atoms with Gasteiger partial charge in [-0.2, -0.15) is 0 Å². The molecule has 2 heterocycles. The van der Waals surface area contributed by atoms with E-state index in [1.807, 2.05) is 26.2 Å². The molecular formula is C19H20ClN3O3S. The summed E-state index contributed by atoms with van der Waals surface area (Å²) in [6, 6.07) is 3.66. The molecule has 3 aromatic rings. The van der Waals surface area contributed by atoms with Crippen molar-refractivity contribution in [3.05, 3.63) is 28.9 Å². The Kier molecular flexibility index (Phi) is 5.92. The summed E-state index contributed by atoms with van der Waals surface area (Å²) >= 11 is 8.08. The van der Waals surface area contributed by atoms with Crippen LogP contribution in [0.15, 0.2) is 23.5 Å². The first-order chi connectivity index (χ1) is 13.0. The highest BCUT2D eigenvalue weighted by Gasteiger charge is 2.20. The molecule has 0 bridgehead atoms. The normalized spacial score (nSPS) is 10.9. The van der Waals surface area contributed by atoms with Gasteiger partial charge in [-0.1, -0.05) is 23.4 Å². The van der Waals surface area contributed by atoms with Crippen molar-refractivity contribution in [1.29, 1.82) is 0 Å². The molecule has 0 aliphatic rings. The molecule has 0 saturated carbocycles. The van der Waals surface area contributed by atoms with Crippen LogP contribution < -0.4 is 14.2 Å². The van der Waals surface area contributed by atoms with E-state index in [0.29, 0.717) is 45.4 Å². The van der Waals surface area contributed by atoms with Crippen LogP contribution >= 0.6 is 23.4 Å². The minimum absolute atomic E-state index is 0.444. The molecule has 0 aliphatic carbocycles. The fourth-order valence-electron chi connectivity index (χ4n) is 2.82. The maximum atomic E-state index is 6.61. The molecule has 0 atom stereocenters. The Morgan fingerprint density at radius 3 is 2.48 bits per heavy atom. The average Bonchev–Trinajstić information content (AvgIpc) is 2.68. The third kappa shape index (κ3) is 3.61. The Balaban J connectivity index is 2.32. The second kappa shape index (κ2) is 8.19. The highest BCUT2D eigenvalue weighted by Crippen LogP contribution is 2.43. The minimum Gasteiger partial charge on any atom is -0.496 e. The summed E-state index contributed by atoms with van der Waals surface area (Å²) in [5.74, 6) is 1.63. The Morgan fingerprint density at radius 2 is 1.85 bits per heavy atom. The standard InChI is InChI=1S/C19H20ClN3O3S/c1-6-26-18-17-11(9-21-19(23-17)27-5)7-12(22-18)15-10(2)13(24-3)8-14(25-4)16(15)20/h7-9H,6H2,1-5H3. The molecule has 142 valence electrons. The van der Waals surface area contributed by atoms with E-state index in [-0.39, 0.29) is 0 Å². The Bertz CT molecular complexity index is 970. The highest BCUT2D eigenvalue weighted by molar-refractivity contribution is 7.98. The van der Waals surface area contributed by atoms with Gasteiger partial charge in [-0.25, -0.2) is 15.0 Å². The number of benzene rings is 1. The first-order valence-corrected chi connectivity index (χ1v) is 9.90. The largest absolute Gasteiger partial charge is 0.496 e. The minimum atomic E-state index is 0.444. The number of ether oxygens (including phenoxy) is 3. The predicted molar refractivity (Wildman–Crippen MR) is 109 cm³/mol. The van der Waals surface area contributed by atoms with Gasteiger partial charge < -0.3 is 14.2 Å². The lowest BCUT2D eigenvalue weighted by molar-refractivity contribution is 0.331. The van der Waals surface area contributed by atoms with Crippen LogP contribution in [0.5, 0.6) is 17.4 Å². The van der Waals surface area contributed by atoms with Crippen molar-refractivity contribution >= 4 is 34.3 Å². The van der Waals surface area contributed by atoms with E-state index in [1.165, 1.54) is 11.8 Å². The van der Waals surface area contributed by atoms with E-state index >= 15 is 0 Å². The van der Waals surface area contributed by atoms with Crippen LogP contribution in [0, 0.1) is 6.92 Å². The molecular weight excluding hydrogens is 386 g/mol. The van der Waals surface area contributed by atoms with Gasteiger partial charge in [-0.15, -0.1) is 0 Å². The van der Waals surface area contributed by atoms with E-state index < -0.39 is 0 Å². The molecule has 3 rings (SSSR count). The number of fused-ring (bicyclic) bond motifs is 1. The van der Waals surface area contributed by atoms with E-state index in [2.05, 4.69) is 9.97 Å². The van der Waals surface area contributed by atoms with Gasteiger partial charge in [-0.05, 0) is 26.2 Å². The fourth-order valence-corrected chi connectivity index (χ4v) is 3.54. The van der Waals surface area contributed by atoms with Crippen LogP contribution in [0.3, 0.4) is 0 Å². The van der Waals surface area contributed by atoms with Gasteiger partial charge in [0.1, 0.15) is 17.0 Å². The zero-order valence-electron chi connectivity index (χ0n) is 15.8. The van der Waals surface area contributed by atoms with Crippen molar-refractivity contribution in [2.75, 3.05) is 27.1 Å². The van der Waals surface area contributed by atoms with E-state index in [4.69, 9.17) is 30.8 Å². The van der Waals surface area contributed by atoms with Crippen LogP contribution in [0.1, 0.15) is 12.5 Å². The fraction of sp³-hybridized carbons (Fsp3) is 0.316. The van der Waals surface area contributed by atoms with Crippen molar-refractivity contribution in [2.24, 2.45) is 0 Å². The molecule has 8 heteroatoms. The summed E-state index contributed by atoms with van der Waals surface area (Å²) in [5.41, 5.74) is 2.90. The van der Waals surface area contributed by atoms with Gasteiger partial charge >= 0.3 is 0 Å². The monoisotopic (exact) mass is 405 g/mol. The molecule has 0 aliphatic heterocycles. The maximum absolute atomic E-state index is 6.61. The summed E-state index contributed by atoms with van der Waals surface area (Å²) in [6.07, 6.45) is 3.69. The first kappa shape index (κ1) is 19.5. The molecule has 0 saturated heterocycles. The number of aromatic nitrogens is 3. The second-order valence-corrected chi connectivity index (χ2v) is 6.79. The SMILES string of the molecule is CCOc1nc(-c2c(C)c(OC)cc(OC)c2Cl)cc2cnc(SC)nc12. The number of pyridine rings is 1. The predicted octanol–water partition coefficient (Wildman–Crippen LogP) is 4.79. The average molecular weight is 406 g/mol. The van der Waals surface area contributed by atoms with Crippen molar-refractivity contribution in [3.63, 3.8) is 0 Å². The molecule has 0 N–H and O–H groups in total. The zero-order valence-corrected chi connectivity index (χ0v) is 17.4. The van der Waals surface area contributed by atoms with Crippen LogP contribution in [-0.4, -0.2) is 42.0 Å². The number of hydrogen-bond donors (Lipinski definition) is 0. The van der Waals surface area contributed by atoms with Crippen molar-refractivity contribution < 1.29 is 14.2 Å². The van der Waals surface area contributed by atoms with Crippen molar-refractivity contribution in [3.8, 4) is 28.6 Å². The quantitative estimate of drug-likeness (QED) is 0.431. The molecule has 1 aromatic carbocycles. The maximum Gasteiger partial charge on any atom is 0.241 e. The third-order valence-corrected chi connectivity index (χ3v) is 5.05. The molecule has 27 heavy (non-hydrogen) atoms. The van der Waals surface area contributed by atoms with Gasteiger partial charge in [0.05, 0.1) is 31.5 Å². The lowest BCUT2D eigenvalue weighted by Crippen LogP contribution is -2.01. The van der Waals surface area contributed by atoms with Crippen LogP contribution in [0.25, 0.3) is 22.2 Å². The Morgan fingerprint density at radius 1 is 1.11 bits per heavy atom. The third-order valence-electron chi connectivity index (χ3n) is 4.11. The van der Waals surface area contributed by atoms with E-state index in [1.54, 1.807) is 26.5 Å². The van der Waals surface area contributed by atoms with E-state index in [0.717, 1.165) is 16.5 Å². The number of methoxy groups -OCH3 is 2. The van der Waals surface area contributed by atoms with Gasteiger partial charge in [0.2, 0.25) is 5.88 Å². The highest BCUT2D eigenvalue weighted by atomic mass is 35.5. The van der Waals surface area contributed by atoms with Crippen molar-refractivity contribution in [2.45, 2.75) is 19.0 Å². The second-order valence-electron chi connectivity index (χ2n) is 5.64. The number of halogens is 1. The molecule has 0 radical (unpaired) electrons. The van der Waals surface area contributed by atoms with Gasteiger partial charge in [0, 0.05) is 28.8 Å². The summed E-state index contributed by atoms with van der Waals surface area (Å²) in [6.45, 7) is 4.31. The molecule has 0 amide bonds. The number of rotatable bonds is 6. The summed E-state index contributed by atoms with van der Waals surface area (Å²) in [7, 11) is 3.17. The summed E-state index contributed by atoms with van der Waals surface area (Å²) in [4.78, 5) is 13.6. The smallest absolute Gasteiger partial charge is 0.241 e. The summed E-state index contributed by atoms with van der Waals surface area (Å²) < 4.78 is 16.6. The van der Waals surface area contributed by atoms with Crippen LogP contribution in [0.4, 0.5) is 0 Å². The van der Waals surface area contributed by atoms with Crippen LogP contribution in [-0.2, 0) is 0 Å². The van der Waals surface area contributed by atoms with Crippen molar-refractivity contribution in [1.82, 2.24) is 15.0 Å². The summed E-state index contributed by atoms with van der Waals surface area (Å²) in [5, 5.41) is 1.94. The topological polar surface area (TPSA) is 66.4 Å². The van der Waals surface area contributed by atoms with Gasteiger partial charge in [0.15, 0.2) is 5.16 Å². The van der Waals surface area contributed by atoms with Gasteiger partial charge in [0.25, 0.3) is 0 Å². The zero-order chi connectivity index (χ0) is 19.6. The molecule has 2 aromatic heterocycles. The molecule has 0 fully saturated rings. The lowest BCUT2D eigenvalue weighted by Gasteiger charge is -2.16. The molecule has 0 unspecified atom stereocenters. The Hall–Kier alpha value is -2.25. The number of nitrogens with zero attached hydrogens (tertiary/aromatic N) is 3. The molecule has 6 nitrogen and oxygen atoms in total. The number of hydrogen-bond acceptors (Lipinski definition) is 7. The lowest BCUT2D eigenvalue weighted by atomic mass is 10.0. The van der Waals surface area contributed by atoms with Crippen LogP contribution in [0.2, 0.25) is 5.02 Å². The number of thioether (sulfide) groups is 1. The first-order valence-electron chi connectivity index (χ1n) is 8.30.